The zero-order valence-corrected chi connectivity index (χ0v) is 10.2. The van der Waals surface area contributed by atoms with Gasteiger partial charge in [0.25, 0.3) is 5.56 Å². The summed E-state index contributed by atoms with van der Waals surface area (Å²) in [5.41, 5.74) is -0.703. The third kappa shape index (κ3) is 2.25. The summed E-state index contributed by atoms with van der Waals surface area (Å²) in [5.74, 6) is 0. The second-order valence-corrected chi connectivity index (χ2v) is 5.69. The lowest BCUT2D eigenvalue weighted by atomic mass is 10.2. The van der Waals surface area contributed by atoms with E-state index in [1.807, 2.05) is 11.9 Å². The number of hydrogen-bond acceptors (Lipinski definition) is 4. The average Bonchev–Trinajstić information content (AvgIpc) is 2.28. The van der Waals surface area contributed by atoms with E-state index in [9.17, 15) is 18.0 Å². The van der Waals surface area contributed by atoms with Crippen LogP contribution in [0.3, 0.4) is 0 Å². The Kier molecular flexibility index (Phi) is 2.92. The lowest BCUT2D eigenvalue weighted by Gasteiger charge is -2.03. The summed E-state index contributed by atoms with van der Waals surface area (Å²) in [6, 6.07) is 6.96. The minimum Gasteiger partial charge on any atom is -0.297 e. The minimum absolute atomic E-state index is 0.0225. The number of sulfone groups is 1. The van der Waals surface area contributed by atoms with Crippen LogP contribution >= 0.6 is 0 Å². The number of aromatic nitrogens is 2. The van der Waals surface area contributed by atoms with Gasteiger partial charge in [-0.25, -0.2) is 13.2 Å². The molecule has 1 aromatic heterocycles. The monoisotopic (exact) mass is 266 g/mol. The predicted octanol–water partition coefficient (Wildman–Crippen LogP) is 0.204. The van der Waals surface area contributed by atoms with E-state index >= 15 is 0 Å². The van der Waals surface area contributed by atoms with Crippen molar-refractivity contribution < 1.29 is 8.42 Å². The molecule has 0 atom stereocenters. The van der Waals surface area contributed by atoms with Gasteiger partial charge in [0.1, 0.15) is 5.03 Å². The highest BCUT2D eigenvalue weighted by molar-refractivity contribution is 7.91. The Balaban J connectivity index is 2.65. The summed E-state index contributed by atoms with van der Waals surface area (Å²) in [5, 5.41) is -0.417. The largest absolute Gasteiger partial charge is 0.326 e. The molecular formula is C11H10N2O4S. The van der Waals surface area contributed by atoms with Crippen LogP contribution in [0.15, 0.2) is 49.8 Å². The fourth-order valence-electron chi connectivity index (χ4n) is 1.44. The number of H-pyrrole nitrogens is 2. The molecule has 0 spiro atoms. The van der Waals surface area contributed by atoms with E-state index in [4.69, 9.17) is 0 Å². The van der Waals surface area contributed by atoms with E-state index in [-0.39, 0.29) is 4.90 Å². The third-order valence-electron chi connectivity index (χ3n) is 2.36. The summed E-state index contributed by atoms with van der Waals surface area (Å²) in [7, 11) is -3.88. The molecule has 0 aliphatic rings. The second-order valence-electron chi connectivity index (χ2n) is 3.77. The van der Waals surface area contributed by atoms with Gasteiger partial charge in [-0.3, -0.25) is 14.8 Å². The molecule has 0 radical (unpaired) electrons. The molecule has 1 heterocycles. The van der Waals surface area contributed by atoms with Gasteiger partial charge in [0.15, 0.2) is 0 Å². The number of nitrogens with one attached hydrogen (secondary N) is 2. The first-order valence-electron chi connectivity index (χ1n) is 5.05. The molecule has 2 rings (SSSR count). The fourth-order valence-corrected chi connectivity index (χ4v) is 2.67. The maximum absolute atomic E-state index is 12.1. The molecule has 18 heavy (non-hydrogen) atoms. The highest BCUT2D eigenvalue weighted by Gasteiger charge is 2.19. The van der Waals surface area contributed by atoms with Crippen molar-refractivity contribution in [3.05, 3.63) is 56.7 Å². The van der Waals surface area contributed by atoms with Crippen molar-refractivity contribution in [2.75, 3.05) is 0 Å². The minimum atomic E-state index is -3.88. The molecule has 0 amide bonds. The molecule has 1 aromatic carbocycles. The number of benzene rings is 1. The second kappa shape index (κ2) is 4.26. The van der Waals surface area contributed by atoms with E-state index in [1.165, 1.54) is 12.1 Å². The van der Waals surface area contributed by atoms with Gasteiger partial charge in [-0.2, -0.15) is 0 Å². The Morgan fingerprint density at radius 1 is 1.00 bits per heavy atom. The van der Waals surface area contributed by atoms with Gasteiger partial charge in [-0.15, -0.1) is 0 Å². The SMILES string of the molecule is Cc1ccc(S(=O)(=O)c2cc(=O)[nH]c(=O)[nH]2)cc1. The molecule has 0 saturated heterocycles. The zero-order chi connectivity index (χ0) is 13.3. The van der Waals surface area contributed by atoms with Crippen LogP contribution in [0, 0.1) is 6.92 Å². The van der Waals surface area contributed by atoms with Crippen LogP contribution in [0.5, 0.6) is 0 Å². The standard InChI is InChI=1S/C11H10N2O4S/c1-7-2-4-8(5-3-7)18(16,17)10-6-9(14)12-11(15)13-10/h2-6H,1H3,(H2,12,13,14,15). The lowest BCUT2D eigenvalue weighted by molar-refractivity contribution is 0.591. The Morgan fingerprint density at radius 3 is 2.17 bits per heavy atom. The van der Waals surface area contributed by atoms with Crippen LogP contribution in [-0.2, 0) is 9.84 Å². The first-order valence-corrected chi connectivity index (χ1v) is 6.53. The molecule has 94 valence electrons. The predicted molar refractivity (Wildman–Crippen MR) is 64.3 cm³/mol. The van der Waals surface area contributed by atoms with E-state index in [0.717, 1.165) is 11.6 Å². The summed E-state index contributed by atoms with van der Waals surface area (Å²) >= 11 is 0. The topological polar surface area (TPSA) is 99.9 Å². The Hall–Kier alpha value is -2.15. The maximum atomic E-state index is 12.1. The summed E-state index contributed by atoms with van der Waals surface area (Å²) in [4.78, 5) is 26.2. The normalized spacial score (nSPS) is 11.4. The molecule has 2 aromatic rings. The Labute approximate surface area is 102 Å². The van der Waals surface area contributed by atoms with Crippen LogP contribution in [0.25, 0.3) is 0 Å². The van der Waals surface area contributed by atoms with Crippen molar-refractivity contribution >= 4 is 9.84 Å². The maximum Gasteiger partial charge on any atom is 0.326 e. The quantitative estimate of drug-likeness (QED) is 0.758. The van der Waals surface area contributed by atoms with Crippen molar-refractivity contribution in [2.45, 2.75) is 16.8 Å². The molecule has 0 saturated carbocycles. The van der Waals surface area contributed by atoms with Crippen molar-refractivity contribution in [2.24, 2.45) is 0 Å². The molecule has 2 N–H and O–H groups in total. The third-order valence-corrected chi connectivity index (χ3v) is 4.05. The number of rotatable bonds is 2. The molecule has 0 aliphatic heterocycles. The molecule has 0 unspecified atom stereocenters. The van der Waals surface area contributed by atoms with Gasteiger partial charge in [-0.05, 0) is 19.1 Å². The zero-order valence-electron chi connectivity index (χ0n) is 9.43. The van der Waals surface area contributed by atoms with E-state index in [1.54, 1.807) is 12.1 Å². The molecular weight excluding hydrogens is 256 g/mol. The van der Waals surface area contributed by atoms with Gasteiger partial charge >= 0.3 is 5.69 Å². The van der Waals surface area contributed by atoms with E-state index in [2.05, 4.69) is 4.98 Å². The highest BCUT2D eigenvalue weighted by Crippen LogP contribution is 2.17. The van der Waals surface area contributed by atoms with Crippen molar-refractivity contribution in [3.8, 4) is 0 Å². The van der Waals surface area contributed by atoms with Gasteiger partial charge in [0.2, 0.25) is 9.84 Å². The number of hydrogen-bond donors (Lipinski definition) is 2. The molecule has 6 nitrogen and oxygen atoms in total. The van der Waals surface area contributed by atoms with Gasteiger partial charge < -0.3 is 0 Å². The average molecular weight is 266 g/mol. The molecule has 0 fully saturated rings. The summed E-state index contributed by atoms with van der Waals surface area (Å²) in [6.45, 7) is 1.82. The first kappa shape index (κ1) is 12.3. The highest BCUT2D eigenvalue weighted by atomic mass is 32.2. The first-order chi connectivity index (χ1) is 8.39. The molecule has 7 heteroatoms. The van der Waals surface area contributed by atoms with Crippen LogP contribution < -0.4 is 11.2 Å². The summed E-state index contributed by atoms with van der Waals surface area (Å²) in [6.07, 6.45) is 0. The number of aryl methyl sites for hydroxylation is 1. The molecule has 0 bridgehead atoms. The fraction of sp³-hybridized carbons (Fsp3) is 0.0909. The Bertz CT molecular complexity index is 757. The van der Waals surface area contributed by atoms with Crippen LogP contribution in [-0.4, -0.2) is 18.4 Å². The van der Waals surface area contributed by atoms with Crippen LogP contribution in [0.2, 0.25) is 0 Å². The van der Waals surface area contributed by atoms with Crippen LogP contribution in [0.1, 0.15) is 5.56 Å². The van der Waals surface area contributed by atoms with E-state index in [0.29, 0.717) is 0 Å². The van der Waals surface area contributed by atoms with Crippen molar-refractivity contribution in [3.63, 3.8) is 0 Å². The van der Waals surface area contributed by atoms with E-state index < -0.39 is 26.1 Å². The van der Waals surface area contributed by atoms with Gasteiger partial charge in [-0.1, -0.05) is 17.7 Å². The smallest absolute Gasteiger partial charge is 0.297 e. The van der Waals surface area contributed by atoms with Gasteiger partial charge in [0, 0.05) is 6.07 Å². The molecule has 0 aliphatic carbocycles. The van der Waals surface area contributed by atoms with Crippen molar-refractivity contribution in [1.82, 2.24) is 9.97 Å². The number of aromatic amines is 2. The lowest BCUT2D eigenvalue weighted by Crippen LogP contribution is -2.24. The van der Waals surface area contributed by atoms with Crippen LogP contribution in [0.4, 0.5) is 0 Å². The van der Waals surface area contributed by atoms with Gasteiger partial charge in [0.05, 0.1) is 4.90 Å². The van der Waals surface area contributed by atoms with Crippen molar-refractivity contribution in [1.29, 1.82) is 0 Å². The summed E-state index contributed by atoms with van der Waals surface area (Å²) < 4.78 is 24.3. The Morgan fingerprint density at radius 2 is 1.61 bits per heavy atom.